The minimum atomic E-state index is -3.28. The van der Waals surface area contributed by atoms with Crippen LogP contribution in [0.1, 0.15) is 81.8 Å². The van der Waals surface area contributed by atoms with E-state index in [1.54, 1.807) is 17.4 Å². The first-order valence-corrected chi connectivity index (χ1v) is 35.6. The number of carbonyl (C=O) groups is 5. The molecule has 25 heteroatoms. The molecule has 4 atom stereocenters. The first-order valence-electron chi connectivity index (χ1n) is 32.0. The SMILES string of the molecule is C[C@@H]1CN(Cc2ccccc2)C[C@H](C)N1Cc1ccc(N(Cc2ccc(C(=O)CN)cc2F)C(=O)N2CCS(=O)(=O)CC2)cc1.C[C@@H]1CN(Cc2ccccc2)C[C@H](C)N1Cc1ccc(N(Cc2ccc(C(=O)CNC(=O)C(F)F)cc2F)C(=O)N2CCS(=O)(=O)CC2)cc1. The fraction of sp³-hybridized carbons (Fsp3) is 0.414. The van der Waals surface area contributed by atoms with Crippen LogP contribution in [0, 0.1) is 11.6 Å². The highest BCUT2D eigenvalue weighted by molar-refractivity contribution is 7.91. The van der Waals surface area contributed by atoms with E-state index in [9.17, 15) is 49.6 Å². The Morgan fingerprint density at radius 2 is 0.842 bits per heavy atom. The zero-order chi connectivity index (χ0) is 68.1. The molecule has 5 amide bonds. The van der Waals surface area contributed by atoms with Gasteiger partial charge < -0.3 is 20.9 Å². The van der Waals surface area contributed by atoms with Crippen molar-refractivity contribution in [3.05, 3.63) is 202 Å². The van der Waals surface area contributed by atoms with E-state index in [2.05, 4.69) is 95.8 Å². The van der Waals surface area contributed by atoms with Crippen LogP contribution in [0.4, 0.5) is 38.5 Å². The van der Waals surface area contributed by atoms with E-state index < -0.39 is 68.0 Å². The number of sulfone groups is 2. The lowest BCUT2D eigenvalue weighted by molar-refractivity contribution is -0.131. The van der Waals surface area contributed by atoms with Gasteiger partial charge in [0.15, 0.2) is 31.2 Å². The highest BCUT2D eigenvalue weighted by atomic mass is 32.2. The maximum absolute atomic E-state index is 15.4. The Kier molecular flexibility index (Phi) is 24.2. The first kappa shape index (κ1) is 71.4. The van der Waals surface area contributed by atoms with Gasteiger partial charge in [0.25, 0.3) is 5.91 Å². The third-order valence-corrected chi connectivity index (χ3v) is 21.2. The summed E-state index contributed by atoms with van der Waals surface area (Å²) in [5.41, 5.74) is 11.6. The number of halogens is 4. The quantitative estimate of drug-likeness (QED) is 0.0544. The largest absolute Gasteiger partial charge is 0.344 e. The normalized spacial score (nSPS) is 20.1. The summed E-state index contributed by atoms with van der Waals surface area (Å²) in [7, 11) is -6.45. The Labute approximate surface area is 554 Å². The van der Waals surface area contributed by atoms with Crippen molar-refractivity contribution in [2.45, 2.75) is 97.6 Å². The molecular weight excluding hydrogens is 1260 g/mol. The number of urea groups is 2. The van der Waals surface area contributed by atoms with E-state index in [0.29, 0.717) is 42.1 Å². The summed E-state index contributed by atoms with van der Waals surface area (Å²) < 4.78 is 104. The standard InChI is InChI=1S/C36H42F3N5O5S.C34H42FN5O4S/c1-25-20-41(22-27-6-4-3-5-7-27)21-26(2)43(25)23-28-8-12-31(13-9-28)44(36(47)42-14-16-50(48,49)17-15-42)24-30-11-10-29(18-32(30)37)33(45)19-40-35(46)34(38)39;1-25-20-37(22-27-6-4-3-5-7-27)21-26(2)39(25)23-28-8-12-31(13-9-28)40(34(42)38-14-16-45(43,44)17-15-38)24-30-11-10-29(18-32(30)35)33(41)19-36/h3-13,18,25-26,34H,14-17,19-24H2,1-2H3,(H,40,46);3-13,18,25-26H,14-17,19-24,36H2,1-2H3/t2*25-,26+. The van der Waals surface area contributed by atoms with Gasteiger partial charge in [0.1, 0.15) is 11.6 Å². The van der Waals surface area contributed by atoms with Crippen molar-refractivity contribution in [1.82, 2.24) is 34.7 Å². The summed E-state index contributed by atoms with van der Waals surface area (Å²) in [6.45, 7) is 14.9. The summed E-state index contributed by atoms with van der Waals surface area (Å²) in [5, 5.41) is 1.80. The fourth-order valence-corrected chi connectivity index (χ4v) is 15.1. The van der Waals surface area contributed by atoms with Gasteiger partial charge in [-0.1, -0.05) is 109 Å². The summed E-state index contributed by atoms with van der Waals surface area (Å²) in [4.78, 5) is 78.8. The Morgan fingerprint density at radius 1 is 0.495 bits per heavy atom. The van der Waals surface area contributed by atoms with Crippen molar-refractivity contribution in [1.29, 1.82) is 0 Å². The van der Waals surface area contributed by atoms with E-state index in [0.717, 1.165) is 69.1 Å². The van der Waals surface area contributed by atoms with E-state index in [1.807, 2.05) is 48.5 Å². The molecule has 4 aliphatic rings. The van der Waals surface area contributed by atoms with Crippen LogP contribution >= 0.6 is 0 Å². The van der Waals surface area contributed by atoms with Crippen molar-refractivity contribution in [2.24, 2.45) is 5.73 Å². The number of ketones is 2. The molecule has 4 fully saturated rings. The summed E-state index contributed by atoms with van der Waals surface area (Å²) >= 11 is 0. The van der Waals surface area contributed by atoms with Gasteiger partial charge in [-0.2, -0.15) is 8.78 Å². The molecule has 0 aliphatic carbocycles. The van der Waals surface area contributed by atoms with Gasteiger partial charge in [0.05, 0.1) is 49.2 Å². The lowest BCUT2D eigenvalue weighted by Crippen LogP contribution is -2.55. The zero-order valence-corrected chi connectivity index (χ0v) is 55.7. The number of nitrogens with one attached hydrogen (secondary N) is 1. The van der Waals surface area contributed by atoms with E-state index in [-0.39, 0.29) is 96.9 Å². The average Bonchev–Trinajstić information content (AvgIpc) is 0.850. The fourth-order valence-electron chi connectivity index (χ4n) is 12.7. The number of benzene rings is 6. The molecular formula is C70H84F4N10O9S2. The van der Waals surface area contributed by atoms with Gasteiger partial charge in [0.2, 0.25) is 0 Å². The zero-order valence-electron chi connectivity index (χ0n) is 54.0. The Hall–Kier alpha value is -7.91. The van der Waals surface area contributed by atoms with Gasteiger partial charge in [0, 0.05) is 136 Å². The predicted molar refractivity (Wildman–Crippen MR) is 358 cm³/mol. The van der Waals surface area contributed by atoms with Crippen LogP contribution in [-0.2, 0) is 63.7 Å². The number of hydrogen-bond donors (Lipinski definition) is 2. The van der Waals surface area contributed by atoms with Gasteiger partial charge in [-0.25, -0.2) is 35.2 Å². The minimum absolute atomic E-state index is 0.00202. The van der Waals surface area contributed by atoms with Crippen LogP contribution in [0.5, 0.6) is 0 Å². The first-order chi connectivity index (χ1) is 45.3. The molecule has 0 spiro atoms. The second kappa shape index (κ2) is 32.2. The summed E-state index contributed by atoms with van der Waals surface area (Å²) in [5.74, 6) is -4.72. The third-order valence-electron chi connectivity index (χ3n) is 18.0. The number of amides is 5. The Balaban J connectivity index is 0.000000225. The second-order valence-corrected chi connectivity index (χ2v) is 29.7. The number of carbonyl (C=O) groups excluding carboxylic acids is 5. The number of anilines is 2. The van der Waals surface area contributed by atoms with Crippen molar-refractivity contribution in [2.75, 3.05) is 98.3 Å². The van der Waals surface area contributed by atoms with E-state index in [4.69, 9.17) is 5.73 Å². The molecule has 19 nitrogen and oxygen atoms in total. The number of Topliss-reactive ketones (excluding diaryl/α,β-unsaturated/α-hetero) is 2. The van der Waals surface area contributed by atoms with Crippen LogP contribution in [0.3, 0.4) is 0 Å². The number of rotatable bonds is 20. The number of piperazine rings is 2. The van der Waals surface area contributed by atoms with Crippen molar-refractivity contribution >= 4 is 60.6 Å². The number of hydrogen-bond acceptors (Lipinski definition) is 14. The lowest BCUT2D eigenvalue weighted by Gasteiger charge is -2.44. The molecule has 3 N–H and O–H groups in total. The molecule has 4 heterocycles. The molecule has 0 radical (unpaired) electrons. The van der Waals surface area contributed by atoms with Crippen LogP contribution in [-0.4, -0.2) is 195 Å². The van der Waals surface area contributed by atoms with Gasteiger partial charge in [-0.3, -0.25) is 43.8 Å². The molecule has 10 rings (SSSR count). The van der Waals surface area contributed by atoms with Crippen LogP contribution in [0.2, 0.25) is 0 Å². The second-order valence-electron chi connectivity index (χ2n) is 25.1. The number of nitrogens with two attached hydrogens (primary N) is 1. The highest BCUT2D eigenvalue weighted by Gasteiger charge is 2.35. The van der Waals surface area contributed by atoms with Gasteiger partial charge in [-0.15, -0.1) is 0 Å². The molecule has 6 aromatic carbocycles. The topological polar surface area (TPSA) is 218 Å². The van der Waals surface area contributed by atoms with Crippen molar-refractivity contribution in [3.8, 4) is 0 Å². The molecule has 0 saturated carbocycles. The van der Waals surface area contributed by atoms with Crippen LogP contribution in [0.15, 0.2) is 146 Å². The van der Waals surface area contributed by atoms with Crippen LogP contribution < -0.4 is 20.9 Å². The monoisotopic (exact) mass is 1350 g/mol. The van der Waals surface area contributed by atoms with Crippen LogP contribution in [0.25, 0.3) is 0 Å². The predicted octanol–water partition coefficient (Wildman–Crippen LogP) is 8.26. The summed E-state index contributed by atoms with van der Waals surface area (Å²) in [6, 6.07) is 44.2. The minimum Gasteiger partial charge on any atom is -0.344 e. The third kappa shape index (κ3) is 19.4. The van der Waals surface area contributed by atoms with E-state index >= 15 is 8.78 Å². The number of nitrogens with zero attached hydrogens (tertiary/aromatic N) is 8. The maximum atomic E-state index is 15.4. The smallest absolute Gasteiger partial charge is 0.324 e. The molecule has 0 unspecified atom stereocenters. The Morgan fingerprint density at radius 3 is 1.18 bits per heavy atom. The van der Waals surface area contributed by atoms with Gasteiger partial charge in [-0.05, 0) is 86.3 Å². The number of alkyl halides is 2. The van der Waals surface area contributed by atoms with Gasteiger partial charge >= 0.3 is 18.5 Å². The maximum Gasteiger partial charge on any atom is 0.324 e. The molecule has 0 bridgehead atoms. The van der Waals surface area contributed by atoms with E-state index in [1.165, 1.54) is 55.0 Å². The molecule has 0 aromatic heterocycles. The summed E-state index contributed by atoms with van der Waals surface area (Å²) in [6.07, 6.45) is -3.28. The van der Waals surface area contributed by atoms with Crippen molar-refractivity contribution in [3.63, 3.8) is 0 Å². The Bertz CT molecular complexity index is 3830. The molecule has 508 valence electrons. The van der Waals surface area contributed by atoms with Crippen molar-refractivity contribution < 1.29 is 58.4 Å². The average molecular weight is 1350 g/mol. The lowest BCUT2D eigenvalue weighted by atomic mass is 10.0. The molecule has 4 saturated heterocycles. The molecule has 6 aromatic rings. The molecule has 4 aliphatic heterocycles. The highest BCUT2D eigenvalue weighted by Crippen LogP contribution is 2.29. The molecule has 95 heavy (non-hydrogen) atoms.